The van der Waals surface area contributed by atoms with Crippen LogP contribution in [0.4, 0.5) is 14.5 Å². The number of amides is 1. The van der Waals surface area contributed by atoms with Crippen LogP contribution in [0, 0.1) is 18.6 Å². The van der Waals surface area contributed by atoms with E-state index in [1.54, 1.807) is 19.1 Å². The average Bonchev–Trinajstić information content (AvgIpc) is 2.48. The normalized spacial score (nSPS) is 10.4. The third-order valence-corrected chi connectivity index (χ3v) is 3.26. The highest BCUT2D eigenvalue weighted by Crippen LogP contribution is 2.19. The van der Waals surface area contributed by atoms with Crippen molar-refractivity contribution >= 4 is 11.6 Å². The van der Waals surface area contributed by atoms with Gasteiger partial charge in [-0.1, -0.05) is 12.1 Å². The van der Waals surface area contributed by atoms with Crippen molar-refractivity contribution in [3.05, 3.63) is 59.2 Å². The number of benzene rings is 2. The second-order valence-corrected chi connectivity index (χ2v) is 5.00. The lowest BCUT2D eigenvalue weighted by molar-refractivity contribution is -0.116. The predicted octanol–water partition coefficient (Wildman–Crippen LogP) is 3.85. The van der Waals surface area contributed by atoms with Crippen LogP contribution in [0.25, 0.3) is 0 Å². The number of halogens is 2. The van der Waals surface area contributed by atoms with Gasteiger partial charge in [-0.3, -0.25) is 4.79 Å². The zero-order valence-corrected chi connectivity index (χ0v) is 12.5. The monoisotopic (exact) mass is 305 g/mol. The Kier molecular flexibility index (Phi) is 5.09. The van der Waals surface area contributed by atoms with Crippen LogP contribution in [0.5, 0.6) is 5.75 Å². The lowest BCUT2D eigenvalue weighted by Gasteiger charge is -2.08. The number of rotatable bonds is 5. The summed E-state index contributed by atoms with van der Waals surface area (Å²) < 4.78 is 32.0. The third-order valence-electron chi connectivity index (χ3n) is 3.26. The van der Waals surface area contributed by atoms with Gasteiger partial charge in [0.15, 0.2) is 11.6 Å². The van der Waals surface area contributed by atoms with E-state index in [0.29, 0.717) is 12.0 Å². The van der Waals surface area contributed by atoms with Crippen molar-refractivity contribution in [2.24, 2.45) is 0 Å². The van der Waals surface area contributed by atoms with Gasteiger partial charge in [0.05, 0.1) is 12.8 Å². The second kappa shape index (κ2) is 7.02. The second-order valence-electron chi connectivity index (χ2n) is 5.00. The van der Waals surface area contributed by atoms with Crippen LogP contribution in [0.3, 0.4) is 0 Å². The molecule has 0 heterocycles. The van der Waals surface area contributed by atoms with Crippen molar-refractivity contribution in [3.8, 4) is 5.75 Å². The quantitative estimate of drug-likeness (QED) is 0.911. The van der Waals surface area contributed by atoms with Gasteiger partial charge in [-0.2, -0.15) is 0 Å². The molecule has 0 saturated carbocycles. The highest BCUT2D eigenvalue weighted by molar-refractivity contribution is 5.90. The van der Waals surface area contributed by atoms with E-state index >= 15 is 0 Å². The fraction of sp³-hybridized carbons (Fsp3) is 0.235. The Hall–Kier alpha value is -2.43. The van der Waals surface area contributed by atoms with Crippen LogP contribution in [0.15, 0.2) is 36.4 Å². The van der Waals surface area contributed by atoms with Gasteiger partial charge in [-0.05, 0) is 48.7 Å². The van der Waals surface area contributed by atoms with Gasteiger partial charge in [-0.25, -0.2) is 8.78 Å². The summed E-state index contributed by atoms with van der Waals surface area (Å²) in [4.78, 5) is 11.8. The van der Waals surface area contributed by atoms with E-state index in [2.05, 4.69) is 5.32 Å². The molecule has 1 N–H and O–H groups in total. The van der Waals surface area contributed by atoms with Crippen LogP contribution in [-0.4, -0.2) is 13.0 Å². The minimum Gasteiger partial charge on any atom is -0.494 e. The summed E-state index contributed by atoms with van der Waals surface area (Å²) in [5.41, 5.74) is 1.61. The van der Waals surface area contributed by atoms with Crippen molar-refractivity contribution in [3.63, 3.8) is 0 Å². The van der Waals surface area contributed by atoms with Gasteiger partial charge in [0, 0.05) is 6.42 Å². The Balaban J connectivity index is 1.94. The Morgan fingerprint density at radius 2 is 1.91 bits per heavy atom. The Morgan fingerprint density at radius 1 is 1.14 bits per heavy atom. The van der Waals surface area contributed by atoms with E-state index in [9.17, 15) is 13.6 Å². The van der Waals surface area contributed by atoms with Crippen LogP contribution in [-0.2, 0) is 11.2 Å². The first-order chi connectivity index (χ1) is 10.5. The molecule has 0 atom stereocenters. The summed E-state index contributed by atoms with van der Waals surface area (Å²) in [6, 6.07) is 9.14. The molecular weight excluding hydrogens is 288 g/mol. The van der Waals surface area contributed by atoms with Gasteiger partial charge in [0.1, 0.15) is 5.82 Å². The van der Waals surface area contributed by atoms with Gasteiger partial charge < -0.3 is 10.1 Å². The lowest BCUT2D eigenvalue weighted by Crippen LogP contribution is -2.13. The molecule has 0 aliphatic carbocycles. The molecule has 0 saturated heterocycles. The van der Waals surface area contributed by atoms with Crippen molar-refractivity contribution in [2.75, 3.05) is 12.4 Å². The van der Waals surface area contributed by atoms with Gasteiger partial charge in [-0.15, -0.1) is 0 Å². The summed E-state index contributed by atoms with van der Waals surface area (Å²) in [6.45, 7) is 1.77. The number of ether oxygens (including phenoxy) is 1. The summed E-state index contributed by atoms with van der Waals surface area (Å²) in [7, 11) is 1.39. The Morgan fingerprint density at radius 3 is 2.55 bits per heavy atom. The maximum absolute atomic E-state index is 13.6. The molecule has 5 heteroatoms. The molecule has 0 aromatic heterocycles. The first-order valence-corrected chi connectivity index (χ1v) is 6.88. The number of carbonyl (C=O) groups excluding carboxylic acids is 1. The van der Waals surface area contributed by atoms with Crippen molar-refractivity contribution in [1.82, 2.24) is 0 Å². The van der Waals surface area contributed by atoms with E-state index < -0.39 is 11.6 Å². The standard InChI is InChI=1S/C17H17F2NO2/c1-11-3-6-15(13(18)9-11)20-17(21)8-5-12-4-7-16(22-2)14(19)10-12/h3-4,6-7,9-10H,5,8H2,1-2H3,(H,20,21). The number of methoxy groups -OCH3 is 1. The van der Waals surface area contributed by atoms with E-state index in [-0.39, 0.29) is 23.8 Å². The molecule has 2 rings (SSSR count). The van der Waals surface area contributed by atoms with Crippen molar-refractivity contribution in [1.29, 1.82) is 0 Å². The van der Waals surface area contributed by atoms with Crippen molar-refractivity contribution in [2.45, 2.75) is 19.8 Å². The fourth-order valence-electron chi connectivity index (χ4n) is 2.06. The molecule has 0 radical (unpaired) electrons. The largest absolute Gasteiger partial charge is 0.494 e. The Bertz CT molecular complexity index is 686. The molecule has 0 bridgehead atoms. The first-order valence-electron chi connectivity index (χ1n) is 6.88. The van der Waals surface area contributed by atoms with Crippen LogP contribution in [0.2, 0.25) is 0 Å². The fourth-order valence-corrected chi connectivity index (χ4v) is 2.06. The van der Waals surface area contributed by atoms with Crippen LogP contribution < -0.4 is 10.1 Å². The summed E-state index contributed by atoms with van der Waals surface area (Å²) in [6.07, 6.45) is 0.499. The molecule has 2 aromatic carbocycles. The highest BCUT2D eigenvalue weighted by Gasteiger charge is 2.09. The minimum absolute atomic E-state index is 0.138. The number of aryl methyl sites for hydroxylation is 2. The average molecular weight is 305 g/mol. The molecule has 3 nitrogen and oxygen atoms in total. The zero-order valence-electron chi connectivity index (χ0n) is 12.5. The number of hydrogen-bond acceptors (Lipinski definition) is 2. The van der Waals surface area contributed by atoms with E-state index in [0.717, 1.165) is 5.56 Å². The first kappa shape index (κ1) is 15.9. The summed E-state index contributed by atoms with van der Waals surface area (Å²) in [5, 5.41) is 2.51. The minimum atomic E-state index is -0.469. The highest BCUT2D eigenvalue weighted by atomic mass is 19.1. The van der Waals surface area contributed by atoms with E-state index in [4.69, 9.17) is 4.74 Å². The molecule has 0 unspecified atom stereocenters. The van der Waals surface area contributed by atoms with Gasteiger partial charge in [0.25, 0.3) is 0 Å². The lowest BCUT2D eigenvalue weighted by atomic mass is 10.1. The maximum atomic E-state index is 13.6. The Labute approximate surface area is 127 Å². The SMILES string of the molecule is COc1ccc(CCC(=O)Nc2ccc(C)cc2F)cc1F. The molecule has 116 valence electrons. The zero-order chi connectivity index (χ0) is 16.1. The molecule has 2 aromatic rings. The van der Waals surface area contributed by atoms with Crippen LogP contribution >= 0.6 is 0 Å². The van der Waals surface area contributed by atoms with E-state index in [1.165, 1.54) is 31.4 Å². The molecule has 0 fully saturated rings. The summed E-state index contributed by atoms with van der Waals surface area (Å²) in [5.74, 6) is -1.09. The van der Waals surface area contributed by atoms with Gasteiger partial charge >= 0.3 is 0 Å². The number of nitrogens with one attached hydrogen (secondary N) is 1. The molecule has 0 aliphatic heterocycles. The molecule has 0 aliphatic rings. The number of hydrogen-bond donors (Lipinski definition) is 1. The smallest absolute Gasteiger partial charge is 0.224 e. The summed E-state index contributed by atoms with van der Waals surface area (Å²) >= 11 is 0. The van der Waals surface area contributed by atoms with Crippen LogP contribution in [0.1, 0.15) is 17.5 Å². The number of anilines is 1. The molecule has 1 amide bonds. The predicted molar refractivity (Wildman–Crippen MR) is 81.0 cm³/mol. The topological polar surface area (TPSA) is 38.3 Å². The van der Waals surface area contributed by atoms with E-state index in [1.807, 2.05) is 0 Å². The molecule has 0 spiro atoms. The molecular formula is C17H17F2NO2. The van der Waals surface area contributed by atoms with Crippen molar-refractivity contribution < 1.29 is 18.3 Å². The third kappa shape index (κ3) is 4.04. The van der Waals surface area contributed by atoms with Gasteiger partial charge in [0.2, 0.25) is 5.91 Å². The number of carbonyl (C=O) groups is 1. The maximum Gasteiger partial charge on any atom is 0.224 e. The molecule has 22 heavy (non-hydrogen) atoms.